The molecule has 80 valence electrons. The van der Waals surface area contributed by atoms with Gasteiger partial charge in [-0.25, -0.2) is 4.39 Å². The number of rotatable bonds is 2. The van der Waals surface area contributed by atoms with Crippen molar-refractivity contribution in [1.29, 1.82) is 0 Å². The SMILES string of the molecule is Cl.NCc1nc(-c2ccccc2F)no1. The lowest BCUT2D eigenvalue weighted by atomic mass is 10.2. The monoisotopic (exact) mass is 229 g/mol. The first-order valence-corrected chi connectivity index (χ1v) is 4.09. The van der Waals surface area contributed by atoms with E-state index < -0.39 is 0 Å². The molecule has 2 rings (SSSR count). The summed E-state index contributed by atoms with van der Waals surface area (Å²) in [5.41, 5.74) is 5.60. The summed E-state index contributed by atoms with van der Waals surface area (Å²) in [5.74, 6) is 0.142. The van der Waals surface area contributed by atoms with Crippen molar-refractivity contribution in [2.75, 3.05) is 0 Å². The number of nitrogens with zero attached hydrogens (tertiary/aromatic N) is 2. The Labute approximate surface area is 91.7 Å². The first kappa shape index (κ1) is 11.6. The van der Waals surface area contributed by atoms with Gasteiger partial charge in [0.1, 0.15) is 5.82 Å². The first-order chi connectivity index (χ1) is 6.81. The van der Waals surface area contributed by atoms with Crippen LogP contribution in [0.25, 0.3) is 11.4 Å². The quantitative estimate of drug-likeness (QED) is 0.852. The van der Waals surface area contributed by atoms with Gasteiger partial charge in [0.2, 0.25) is 11.7 Å². The Morgan fingerprint density at radius 1 is 1.33 bits per heavy atom. The third-order valence-corrected chi connectivity index (χ3v) is 1.76. The summed E-state index contributed by atoms with van der Waals surface area (Å²) in [6.45, 7) is 0.154. The highest BCUT2D eigenvalue weighted by Crippen LogP contribution is 2.18. The van der Waals surface area contributed by atoms with E-state index in [4.69, 9.17) is 10.3 Å². The molecule has 0 fully saturated rings. The Morgan fingerprint density at radius 3 is 2.67 bits per heavy atom. The van der Waals surface area contributed by atoms with E-state index in [2.05, 4.69) is 10.1 Å². The normalized spacial score (nSPS) is 9.73. The van der Waals surface area contributed by atoms with Crippen LogP contribution in [0.15, 0.2) is 28.8 Å². The summed E-state index contributed by atoms with van der Waals surface area (Å²) in [6, 6.07) is 6.23. The minimum Gasteiger partial charge on any atom is -0.338 e. The zero-order valence-corrected chi connectivity index (χ0v) is 8.50. The number of aromatic nitrogens is 2. The third kappa shape index (κ3) is 2.31. The number of halogens is 2. The largest absolute Gasteiger partial charge is 0.338 e. The van der Waals surface area contributed by atoms with Gasteiger partial charge >= 0.3 is 0 Å². The smallest absolute Gasteiger partial charge is 0.240 e. The Balaban J connectivity index is 0.00000112. The maximum atomic E-state index is 13.2. The molecule has 1 aromatic heterocycles. The average molecular weight is 230 g/mol. The molecule has 4 nitrogen and oxygen atoms in total. The molecule has 0 atom stereocenters. The van der Waals surface area contributed by atoms with Gasteiger partial charge in [0.25, 0.3) is 0 Å². The minimum atomic E-state index is -0.378. The average Bonchev–Trinajstić information content (AvgIpc) is 2.67. The van der Waals surface area contributed by atoms with Crippen LogP contribution >= 0.6 is 12.4 Å². The fourth-order valence-corrected chi connectivity index (χ4v) is 1.09. The number of benzene rings is 1. The van der Waals surface area contributed by atoms with Crippen molar-refractivity contribution in [2.24, 2.45) is 5.73 Å². The maximum absolute atomic E-state index is 13.2. The maximum Gasteiger partial charge on any atom is 0.240 e. The summed E-state index contributed by atoms with van der Waals surface area (Å²) in [5, 5.41) is 3.61. The van der Waals surface area contributed by atoms with Crippen LogP contribution in [0, 0.1) is 5.82 Å². The molecule has 1 aromatic carbocycles. The van der Waals surface area contributed by atoms with Gasteiger partial charge in [-0.05, 0) is 12.1 Å². The van der Waals surface area contributed by atoms with Crippen LogP contribution in [0.3, 0.4) is 0 Å². The Kier molecular flexibility index (Phi) is 3.76. The molecule has 2 N–H and O–H groups in total. The summed E-state index contributed by atoms with van der Waals surface area (Å²) in [6.07, 6.45) is 0. The van der Waals surface area contributed by atoms with Crippen molar-refractivity contribution in [2.45, 2.75) is 6.54 Å². The third-order valence-electron chi connectivity index (χ3n) is 1.76. The van der Waals surface area contributed by atoms with E-state index in [1.807, 2.05) is 0 Å². The Bertz CT molecular complexity index is 446. The summed E-state index contributed by atoms with van der Waals surface area (Å²) < 4.78 is 18.0. The molecule has 0 spiro atoms. The van der Waals surface area contributed by atoms with Crippen LogP contribution in [0.2, 0.25) is 0 Å². The molecular weight excluding hydrogens is 221 g/mol. The predicted molar refractivity (Wildman–Crippen MR) is 54.8 cm³/mol. The standard InChI is InChI=1S/C9H8FN3O.ClH/c10-7-4-2-1-3-6(7)9-12-8(5-11)14-13-9;/h1-4H,5,11H2;1H. The molecule has 6 heteroatoms. The lowest BCUT2D eigenvalue weighted by Crippen LogP contribution is -1.95. The summed E-state index contributed by atoms with van der Waals surface area (Å²) in [4.78, 5) is 3.92. The van der Waals surface area contributed by atoms with Crippen molar-refractivity contribution in [3.05, 3.63) is 36.0 Å². The van der Waals surface area contributed by atoms with Gasteiger partial charge < -0.3 is 10.3 Å². The van der Waals surface area contributed by atoms with Crippen LogP contribution in [-0.4, -0.2) is 10.1 Å². The molecule has 2 aromatic rings. The van der Waals surface area contributed by atoms with E-state index in [0.717, 1.165) is 0 Å². The van der Waals surface area contributed by atoms with Crippen molar-refractivity contribution in [3.8, 4) is 11.4 Å². The van der Waals surface area contributed by atoms with Gasteiger partial charge in [-0.3, -0.25) is 0 Å². The fraction of sp³-hybridized carbons (Fsp3) is 0.111. The highest BCUT2D eigenvalue weighted by Gasteiger charge is 2.10. The molecule has 15 heavy (non-hydrogen) atoms. The molecule has 0 aliphatic carbocycles. The molecule has 0 saturated carbocycles. The van der Waals surface area contributed by atoms with Crippen molar-refractivity contribution in [3.63, 3.8) is 0 Å². The molecular formula is C9H9ClFN3O. The summed E-state index contributed by atoms with van der Waals surface area (Å²) >= 11 is 0. The van der Waals surface area contributed by atoms with Crippen LogP contribution in [0.4, 0.5) is 4.39 Å². The van der Waals surface area contributed by atoms with E-state index in [0.29, 0.717) is 11.5 Å². The van der Waals surface area contributed by atoms with E-state index in [1.54, 1.807) is 18.2 Å². The van der Waals surface area contributed by atoms with E-state index in [9.17, 15) is 4.39 Å². The van der Waals surface area contributed by atoms with Crippen LogP contribution in [-0.2, 0) is 6.54 Å². The van der Waals surface area contributed by atoms with E-state index in [1.165, 1.54) is 6.07 Å². The molecule has 0 radical (unpaired) electrons. The Hall–Kier alpha value is -1.46. The minimum absolute atomic E-state index is 0. The van der Waals surface area contributed by atoms with Gasteiger partial charge in [0.15, 0.2) is 0 Å². The molecule has 0 aliphatic rings. The van der Waals surface area contributed by atoms with E-state index in [-0.39, 0.29) is 30.6 Å². The lowest BCUT2D eigenvalue weighted by molar-refractivity contribution is 0.380. The highest BCUT2D eigenvalue weighted by molar-refractivity contribution is 5.85. The second-order valence-corrected chi connectivity index (χ2v) is 2.70. The van der Waals surface area contributed by atoms with Crippen molar-refractivity contribution < 1.29 is 8.91 Å². The second kappa shape index (κ2) is 4.86. The first-order valence-electron chi connectivity index (χ1n) is 4.09. The van der Waals surface area contributed by atoms with Gasteiger partial charge in [0, 0.05) is 0 Å². The van der Waals surface area contributed by atoms with Gasteiger partial charge in [-0.15, -0.1) is 12.4 Å². The number of nitrogens with two attached hydrogens (primary N) is 1. The zero-order valence-electron chi connectivity index (χ0n) is 7.68. The molecule has 0 amide bonds. The zero-order chi connectivity index (χ0) is 9.97. The molecule has 0 bridgehead atoms. The fourth-order valence-electron chi connectivity index (χ4n) is 1.09. The molecule has 0 saturated heterocycles. The second-order valence-electron chi connectivity index (χ2n) is 2.70. The number of hydrogen-bond acceptors (Lipinski definition) is 4. The van der Waals surface area contributed by atoms with Crippen LogP contribution in [0.1, 0.15) is 5.89 Å². The highest BCUT2D eigenvalue weighted by atomic mass is 35.5. The molecule has 1 heterocycles. The molecule has 0 unspecified atom stereocenters. The Morgan fingerprint density at radius 2 is 2.07 bits per heavy atom. The molecule has 0 aliphatic heterocycles. The van der Waals surface area contributed by atoms with Crippen molar-refractivity contribution >= 4 is 12.4 Å². The van der Waals surface area contributed by atoms with Crippen molar-refractivity contribution in [1.82, 2.24) is 10.1 Å². The van der Waals surface area contributed by atoms with Gasteiger partial charge in [-0.2, -0.15) is 4.98 Å². The van der Waals surface area contributed by atoms with Gasteiger partial charge in [0.05, 0.1) is 12.1 Å². The number of hydrogen-bond donors (Lipinski definition) is 1. The summed E-state index contributed by atoms with van der Waals surface area (Å²) in [7, 11) is 0. The topological polar surface area (TPSA) is 64.9 Å². The van der Waals surface area contributed by atoms with Crippen LogP contribution < -0.4 is 5.73 Å². The predicted octanol–water partition coefficient (Wildman–Crippen LogP) is 1.76. The lowest BCUT2D eigenvalue weighted by Gasteiger charge is -1.94. The van der Waals surface area contributed by atoms with Gasteiger partial charge in [-0.1, -0.05) is 17.3 Å². The van der Waals surface area contributed by atoms with E-state index >= 15 is 0 Å². The van der Waals surface area contributed by atoms with Crippen LogP contribution in [0.5, 0.6) is 0 Å².